The van der Waals surface area contributed by atoms with E-state index in [1.165, 1.54) is 0 Å². The van der Waals surface area contributed by atoms with E-state index in [4.69, 9.17) is 0 Å². The Labute approximate surface area is 60.4 Å². The molecule has 0 unspecified atom stereocenters. The van der Waals surface area contributed by atoms with Crippen molar-refractivity contribution < 1.29 is 0 Å². The molecule has 0 amide bonds. The zero-order valence-electron chi connectivity index (χ0n) is 6.04. The van der Waals surface area contributed by atoms with Gasteiger partial charge in [-0.1, -0.05) is 6.08 Å². The third-order valence-electron chi connectivity index (χ3n) is 1.26. The Morgan fingerprint density at radius 3 is 3.30 bits per heavy atom. The Morgan fingerprint density at radius 1 is 1.90 bits per heavy atom. The zero-order valence-corrected chi connectivity index (χ0v) is 6.04. The molecule has 3 heteroatoms. The Morgan fingerprint density at radius 2 is 2.70 bits per heavy atom. The molecule has 0 saturated heterocycles. The van der Waals surface area contributed by atoms with Crippen LogP contribution in [0.3, 0.4) is 0 Å². The lowest BCUT2D eigenvalue weighted by molar-refractivity contribution is 0.830. The molecule has 1 aromatic rings. The van der Waals surface area contributed by atoms with E-state index in [-0.39, 0.29) is 0 Å². The van der Waals surface area contributed by atoms with E-state index in [9.17, 15) is 0 Å². The average molecular weight is 137 g/mol. The van der Waals surface area contributed by atoms with Crippen molar-refractivity contribution in [1.29, 1.82) is 0 Å². The summed E-state index contributed by atoms with van der Waals surface area (Å²) in [5.74, 6) is 0.875. The lowest BCUT2D eigenvalue weighted by Gasteiger charge is -2.01. The van der Waals surface area contributed by atoms with Crippen molar-refractivity contribution in [1.82, 2.24) is 9.55 Å². The van der Waals surface area contributed by atoms with Crippen LogP contribution in [0.4, 0.5) is 5.95 Å². The van der Waals surface area contributed by atoms with Crippen LogP contribution >= 0.6 is 0 Å². The Bertz CT molecular complexity index is 214. The standard InChI is InChI=1S/C7H11N3/c1-3-5-10-6-4-9-7(10)8-2/h3-4,6H,1,5H2,2H3,(H,8,9). The summed E-state index contributed by atoms with van der Waals surface area (Å²) in [6.45, 7) is 4.44. The molecule has 0 saturated carbocycles. The van der Waals surface area contributed by atoms with Crippen molar-refractivity contribution in [2.45, 2.75) is 6.54 Å². The number of allylic oxidation sites excluding steroid dienone is 1. The Hall–Kier alpha value is -1.25. The number of nitrogens with zero attached hydrogens (tertiary/aromatic N) is 2. The molecule has 0 aliphatic rings. The van der Waals surface area contributed by atoms with Gasteiger partial charge in [-0.15, -0.1) is 6.58 Å². The second kappa shape index (κ2) is 3.06. The third-order valence-corrected chi connectivity index (χ3v) is 1.26. The summed E-state index contributed by atoms with van der Waals surface area (Å²) >= 11 is 0. The van der Waals surface area contributed by atoms with Gasteiger partial charge in [0.25, 0.3) is 0 Å². The molecule has 1 heterocycles. The molecule has 0 radical (unpaired) electrons. The van der Waals surface area contributed by atoms with E-state index in [0.717, 1.165) is 12.5 Å². The molecule has 0 aromatic carbocycles. The molecule has 0 aliphatic carbocycles. The maximum atomic E-state index is 4.06. The van der Waals surface area contributed by atoms with Crippen molar-refractivity contribution >= 4 is 5.95 Å². The van der Waals surface area contributed by atoms with E-state index in [2.05, 4.69) is 16.9 Å². The van der Waals surface area contributed by atoms with E-state index in [1.54, 1.807) is 6.20 Å². The average Bonchev–Trinajstić information content (AvgIpc) is 2.36. The number of hydrogen-bond donors (Lipinski definition) is 1. The van der Waals surface area contributed by atoms with Gasteiger partial charge in [0.15, 0.2) is 0 Å². The highest BCUT2D eigenvalue weighted by Gasteiger charge is 1.94. The summed E-state index contributed by atoms with van der Waals surface area (Å²) in [6, 6.07) is 0. The van der Waals surface area contributed by atoms with Crippen LogP contribution in [0, 0.1) is 0 Å². The van der Waals surface area contributed by atoms with Crippen LogP contribution in [0.15, 0.2) is 25.0 Å². The van der Waals surface area contributed by atoms with Crippen LogP contribution < -0.4 is 5.32 Å². The fraction of sp³-hybridized carbons (Fsp3) is 0.286. The molecule has 0 atom stereocenters. The van der Waals surface area contributed by atoms with Crippen LogP contribution in [0.2, 0.25) is 0 Å². The second-order valence-electron chi connectivity index (χ2n) is 1.94. The predicted octanol–water partition coefficient (Wildman–Crippen LogP) is 1.11. The number of imidazole rings is 1. The summed E-state index contributed by atoms with van der Waals surface area (Å²) in [6.07, 6.45) is 5.51. The lowest BCUT2D eigenvalue weighted by Crippen LogP contribution is -2.00. The first-order chi connectivity index (χ1) is 4.88. The van der Waals surface area contributed by atoms with Crippen molar-refractivity contribution in [3.05, 3.63) is 25.0 Å². The van der Waals surface area contributed by atoms with E-state index in [1.807, 2.05) is 23.9 Å². The first kappa shape index (κ1) is 6.86. The van der Waals surface area contributed by atoms with Crippen molar-refractivity contribution in [3.63, 3.8) is 0 Å². The molecular formula is C7H11N3. The van der Waals surface area contributed by atoms with Gasteiger partial charge < -0.3 is 9.88 Å². The van der Waals surface area contributed by atoms with Gasteiger partial charge in [-0.2, -0.15) is 0 Å². The summed E-state index contributed by atoms with van der Waals surface area (Å²) in [4.78, 5) is 4.06. The minimum absolute atomic E-state index is 0.802. The molecular weight excluding hydrogens is 126 g/mol. The number of nitrogens with one attached hydrogen (secondary N) is 1. The summed E-state index contributed by atoms with van der Waals surface area (Å²) in [7, 11) is 1.85. The minimum Gasteiger partial charge on any atom is -0.359 e. The van der Waals surface area contributed by atoms with Gasteiger partial charge in [-0.25, -0.2) is 4.98 Å². The van der Waals surface area contributed by atoms with Gasteiger partial charge in [0.05, 0.1) is 0 Å². The first-order valence-corrected chi connectivity index (χ1v) is 3.18. The maximum Gasteiger partial charge on any atom is 0.202 e. The molecule has 0 fully saturated rings. The zero-order chi connectivity index (χ0) is 7.40. The number of anilines is 1. The molecule has 1 rings (SSSR count). The highest BCUT2D eigenvalue weighted by atomic mass is 15.2. The SMILES string of the molecule is C=CCn1ccnc1NC. The molecule has 54 valence electrons. The fourth-order valence-corrected chi connectivity index (χ4v) is 0.824. The van der Waals surface area contributed by atoms with Crippen LogP contribution in [-0.2, 0) is 6.54 Å². The van der Waals surface area contributed by atoms with Gasteiger partial charge in [0.2, 0.25) is 5.95 Å². The van der Waals surface area contributed by atoms with Crippen LogP contribution in [-0.4, -0.2) is 16.6 Å². The number of aromatic nitrogens is 2. The quantitative estimate of drug-likeness (QED) is 0.632. The largest absolute Gasteiger partial charge is 0.359 e. The van der Waals surface area contributed by atoms with E-state index in [0.29, 0.717) is 0 Å². The smallest absolute Gasteiger partial charge is 0.202 e. The number of hydrogen-bond acceptors (Lipinski definition) is 2. The van der Waals surface area contributed by atoms with Gasteiger partial charge in [-0.3, -0.25) is 0 Å². The molecule has 0 spiro atoms. The summed E-state index contributed by atoms with van der Waals surface area (Å²) in [5, 5.41) is 2.96. The second-order valence-corrected chi connectivity index (χ2v) is 1.94. The molecule has 1 N–H and O–H groups in total. The van der Waals surface area contributed by atoms with Gasteiger partial charge >= 0.3 is 0 Å². The van der Waals surface area contributed by atoms with E-state index >= 15 is 0 Å². The fourth-order valence-electron chi connectivity index (χ4n) is 0.824. The topological polar surface area (TPSA) is 29.9 Å². The van der Waals surface area contributed by atoms with Crippen LogP contribution in [0.25, 0.3) is 0 Å². The van der Waals surface area contributed by atoms with Gasteiger partial charge in [-0.05, 0) is 0 Å². The molecule has 0 aliphatic heterocycles. The van der Waals surface area contributed by atoms with Crippen molar-refractivity contribution in [2.75, 3.05) is 12.4 Å². The normalized spacial score (nSPS) is 9.30. The monoisotopic (exact) mass is 137 g/mol. The van der Waals surface area contributed by atoms with Gasteiger partial charge in [0, 0.05) is 26.0 Å². The molecule has 0 bridgehead atoms. The highest BCUT2D eigenvalue weighted by molar-refractivity contribution is 5.24. The Kier molecular flexibility index (Phi) is 2.10. The minimum atomic E-state index is 0.802. The van der Waals surface area contributed by atoms with E-state index < -0.39 is 0 Å². The van der Waals surface area contributed by atoms with Crippen molar-refractivity contribution in [3.8, 4) is 0 Å². The highest BCUT2D eigenvalue weighted by Crippen LogP contribution is 2.01. The summed E-state index contributed by atoms with van der Waals surface area (Å²) in [5.41, 5.74) is 0. The molecule has 3 nitrogen and oxygen atoms in total. The van der Waals surface area contributed by atoms with Crippen LogP contribution in [0.1, 0.15) is 0 Å². The number of rotatable bonds is 3. The van der Waals surface area contributed by atoms with Crippen molar-refractivity contribution in [2.24, 2.45) is 0 Å². The first-order valence-electron chi connectivity index (χ1n) is 3.18. The predicted molar refractivity (Wildman–Crippen MR) is 42.0 cm³/mol. The Balaban J connectivity index is 2.79. The maximum absolute atomic E-state index is 4.06. The molecule has 1 aromatic heterocycles. The lowest BCUT2D eigenvalue weighted by atomic mass is 10.6. The molecule has 10 heavy (non-hydrogen) atoms. The van der Waals surface area contributed by atoms with Gasteiger partial charge in [0.1, 0.15) is 0 Å². The van der Waals surface area contributed by atoms with Crippen LogP contribution in [0.5, 0.6) is 0 Å². The third kappa shape index (κ3) is 1.18. The summed E-state index contributed by atoms with van der Waals surface area (Å²) < 4.78 is 1.98.